The second-order valence-corrected chi connectivity index (χ2v) is 4.52. The smallest absolute Gasteiger partial charge is 0.124 e. The van der Waals surface area contributed by atoms with Gasteiger partial charge in [-0.1, -0.05) is 41.9 Å². The van der Waals surface area contributed by atoms with Crippen molar-refractivity contribution in [2.45, 2.75) is 12.6 Å². The Morgan fingerprint density at radius 1 is 1.12 bits per heavy atom. The van der Waals surface area contributed by atoms with Gasteiger partial charge in [-0.25, -0.2) is 0 Å². The van der Waals surface area contributed by atoms with E-state index in [0.717, 1.165) is 22.4 Å². The SMILES string of the molecule is NC1c2ccccc2OCc2cccc(Cl)c21. The highest BCUT2D eigenvalue weighted by Crippen LogP contribution is 2.37. The third-order valence-corrected chi connectivity index (χ3v) is 3.42. The molecule has 3 rings (SSSR count). The zero-order valence-electron chi connectivity index (χ0n) is 9.19. The average Bonchev–Trinajstić information content (AvgIpc) is 2.49. The van der Waals surface area contributed by atoms with Gasteiger partial charge in [0.1, 0.15) is 12.4 Å². The first kappa shape index (κ1) is 10.6. The van der Waals surface area contributed by atoms with E-state index in [1.165, 1.54) is 0 Å². The lowest BCUT2D eigenvalue weighted by molar-refractivity contribution is 0.307. The van der Waals surface area contributed by atoms with E-state index < -0.39 is 0 Å². The Morgan fingerprint density at radius 2 is 1.94 bits per heavy atom. The van der Waals surface area contributed by atoms with Crippen molar-refractivity contribution in [1.82, 2.24) is 0 Å². The molecule has 1 aliphatic rings. The normalized spacial score (nSPS) is 17.6. The van der Waals surface area contributed by atoms with Gasteiger partial charge < -0.3 is 10.5 Å². The summed E-state index contributed by atoms with van der Waals surface area (Å²) in [6, 6.07) is 13.4. The maximum atomic E-state index is 6.29. The summed E-state index contributed by atoms with van der Waals surface area (Å²) in [5.74, 6) is 0.840. The molecule has 0 radical (unpaired) electrons. The van der Waals surface area contributed by atoms with Crippen molar-refractivity contribution in [3.05, 3.63) is 64.2 Å². The third kappa shape index (κ3) is 1.70. The molecule has 0 spiro atoms. The van der Waals surface area contributed by atoms with Gasteiger partial charge in [-0.2, -0.15) is 0 Å². The molecule has 2 aromatic rings. The first-order valence-electron chi connectivity index (χ1n) is 5.52. The lowest BCUT2D eigenvalue weighted by atomic mass is 9.96. The molecule has 2 nitrogen and oxygen atoms in total. The summed E-state index contributed by atoms with van der Waals surface area (Å²) in [6.07, 6.45) is 0. The number of ether oxygens (including phenoxy) is 1. The minimum atomic E-state index is -0.225. The molecule has 1 aliphatic heterocycles. The average molecular weight is 246 g/mol. The van der Waals surface area contributed by atoms with Gasteiger partial charge in [0.25, 0.3) is 0 Å². The number of fused-ring (bicyclic) bond motifs is 2. The number of hydrogen-bond acceptors (Lipinski definition) is 2. The summed E-state index contributed by atoms with van der Waals surface area (Å²) in [5.41, 5.74) is 9.31. The predicted molar refractivity (Wildman–Crippen MR) is 68.3 cm³/mol. The molecule has 0 amide bonds. The van der Waals surface area contributed by atoms with Crippen LogP contribution in [0, 0.1) is 0 Å². The van der Waals surface area contributed by atoms with E-state index in [0.29, 0.717) is 11.6 Å². The van der Waals surface area contributed by atoms with Crippen molar-refractivity contribution in [3.63, 3.8) is 0 Å². The quantitative estimate of drug-likeness (QED) is 0.773. The van der Waals surface area contributed by atoms with Crippen molar-refractivity contribution in [1.29, 1.82) is 0 Å². The molecule has 0 fully saturated rings. The third-order valence-electron chi connectivity index (χ3n) is 3.09. The van der Waals surface area contributed by atoms with Crippen LogP contribution in [0.3, 0.4) is 0 Å². The maximum absolute atomic E-state index is 6.29. The highest BCUT2D eigenvalue weighted by Gasteiger charge is 2.23. The molecule has 17 heavy (non-hydrogen) atoms. The van der Waals surface area contributed by atoms with Crippen LogP contribution < -0.4 is 10.5 Å². The Morgan fingerprint density at radius 3 is 2.82 bits per heavy atom. The van der Waals surface area contributed by atoms with E-state index in [1.54, 1.807) is 0 Å². The predicted octanol–water partition coefficient (Wildman–Crippen LogP) is 3.28. The van der Waals surface area contributed by atoms with Crippen molar-refractivity contribution < 1.29 is 4.74 Å². The second-order valence-electron chi connectivity index (χ2n) is 4.12. The highest BCUT2D eigenvalue weighted by molar-refractivity contribution is 6.31. The molecule has 2 aromatic carbocycles. The fraction of sp³-hybridized carbons (Fsp3) is 0.143. The van der Waals surface area contributed by atoms with Gasteiger partial charge in [-0.3, -0.25) is 0 Å². The summed E-state index contributed by atoms with van der Waals surface area (Å²) in [4.78, 5) is 0. The second kappa shape index (κ2) is 4.06. The monoisotopic (exact) mass is 245 g/mol. The molecular formula is C14H12ClNO. The molecule has 0 aromatic heterocycles. The van der Waals surface area contributed by atoms with Crippen LogP contribution in [-0.4, -0.2) is 0 Å². The van der Waals surface area contributed by atoms with Gasteiger partial charge in [0.05, 0.1) is 6.04 Å². The van der Waals surface area contributed by atoms with Gasteiger partial charge in [0, 0.05) is 10.6 Å². The van der Waals surface area contributed by atoms with Gasteiger partial charge in [0.15, 0.2) is 0 Å². The standard InChI is InChI=1S/C14H12ClNO/c15-11-6-3-4-9-8-17-12-7-2-1-5-10(12)14(16)13(9)11/h1-7,14H,8,16H2. The van der Waals surface area contributed by atoms with Crippen LogP contribution in [0.2, 0.25) is 5.02 Å². The Labute approximate surface area is 105 Å². The molecule has 0 saturated carbocycles. The zero-order valence-corrected chi connectivity index (χ0v) is 9.95. The minimum absolute atomic E-state index is 0.225. The molecule has 1 unspecified atom stereocenters. The number of rotatable bonds is 0. The Hall–Kier alpha value is -1.51. The lowest BCUT2D eigenvalue weighted by Gasteiger charge is -2.15. The first-order valence-corrected chi connectivity index (χ1v) is 5.90. The van der Waals surface area contributed by atoms with Crippen LogP contribution in [0.15, 0.2) is 42.5 Å². The van der Waals surface area contributed by atoms with Crippen LogP contribution in [0.25, 0.3) is 0 Å². The van der Waals surface area contributed by atoms with Gasteiger partial charge in [-0.15, -0.1) is 0 Å². The Balaban J connectivity index is 2.22. The molecule has 0 bridgehead atoms. The molecule has 3 heteroatoms. The van der Waals surface area contributed by atoms with E-state index in [2.05, 4.69) is 0 Å². The van der Waals surface area contributed by atoms with Crippen molar-refractivity contribution in [3.8, 4) is 5.75 Å². The topological polar surface area (TPSA) is 35.2 Å². The molecule has 2 N–H and O–H groups in total. The number of nitrogens with two attached hydrogens (primary N) is 1. The largest absolute Gasteiger partial charge is 0.489 e. The molecule has 1 heterocycles. The van der Waals surface area contributed by atoms with Crippen LogP contribution in [-0.2, 0) is 6.61 Å². The van der Waals surface area contributed by atoms with Gasteiger partial charge in [0.2, 0.25) is 0 Å². The fourth-order valence-corrected chi connectivity index (χ4v) is 2.55. The zero-order chi connectivity index (χ0) is 11.8. The number of hydrogen-bond donors (Lipinski definition) is 1. The number of para-hydroxylation sites is 1. The van der Waals surface area contributed by atoms with Crippen molar-refractivity contribution in [2.75, 3.05) is 0 Å². The Kier molecular flexibility index (Phi) is 2.54. The molecule has 0 aliphatic carbocycles. The molecule has 1 atom stereocenters. The van der Waals surface area contributed by atoms with E-state index in [-0.39, 0.29) is 6.04 Å². The summed E-state index contributed by atoms with van der Waals surface area (Å²) in [5, 5.41) is 0.704. The van der Waals surface area contributed by atoms with Gasteiger partial charge in [-0.05, 0) is 23.3 Å². The van der Waals surface area contributed by atoms with E-state index >= 15 is 0 Å². The highest BCUT2D eigenvalue weighted by atomic mass is 35.5. The first-order chi connectivity index (χ1) is 8.27. The lowest BCUT2D eigenvalue weighted by Crippen LogP contribution is -2.13. The van der Waals surface area contributed by atoms with Crippen LogP contribution in [0.1, 0.15) is 22.7 Å². The molecule has 86 valence electrons. The maximum Gasteiger partial charge on any atom is 0.124 e. The van der Waals surface area contributed by atoms with E-state index in [1.807, 2.05) is 42.5 Å². The van der Waals surface area contributed by atoms with Crippen LogP contribution >= 0.6 is 11.6 Å². The number of halogens is 1. The summed E-state index contributed by atoms with van der Waals surface area (Å²) in [7, 11) is 0. The van der Waals surface area contributed by atoms with Crippen molar-refractivity contribution >= 4 is 11.6 Å². The van der Waals surface area contributed by atoms with E-state index in [4.69, 9.17) is 22.1 Å². The summed E-state index contributed by atoms with van der Waals surface area (Å²) < 4.78 is 5.76. The summed E-state index contributed by atoms with van der Waals surface area (Å²) in [6.45, 7) is 0.514. The minimum Gasteiger partial charge on any atom is -0.489 e. The van der Waals surface area contributed by atoms with E-state index in [9.17, 15) is 0 Å². The van der Waals surface area contributed by atoms with Crippen LogP contribution in [0.5, 0.6) is 5.75 Å². The van der Waals surface area contributed by atoms with Gasteiger partial charge >= 0.3 is 0 Å². The molecule has 0 saturated heterocycles. The molecular weight excluding hydrogens is 234 g/mol. The number of benzene rings is 2. The van der Waals surface area contributed by atoms with Crippen LogP contribution in [0.4, 0.5) is 0 Å². The van der Waals surface area contributed by atoms with Crippen molar-refractivity contribution in [2.24, 2.45) is 5.73 Å². The fourth-order valence-electron chi connectivity index (χ4n) is 2.24. The summed E-state index contributed by atoms with van der Waals surface area (Å²) >= 11 is 6.24. The Bertz CT molecular complexity index is 568.